The Balaban J connectivity index is 1.65. The minimum atomic E-state index is -0.356. The van der Waals surface area contributed by atoms with Crippen molar-refractivity contribution in [1.29, 1.82) is 0 Å². The summed E-state index contributed by atoms with van der Waals surface area (Å²) in [5, 5.41) is 21.3. The minimum Gasteiger partial charge on any atom is -0.394 e. The summed E-state index contributed by atoms with van der Waals surface area (Å²) in [5.41, 5.74) is 3.18. The topological polar surface area (TPSA) is 92.1 Å². The normalized spacial score (nSPS) is 10.6. The van der Waals surface area contributed by atoms with Crippen molar-refractivity contribution >= 4 is 28.7 Å². The quantitative estimate of drug-likeness (QED) is 0.664. The zero-order valence-electron chi connectivity index (χ0n) is 13.1. The maximum Gasteiger partial charge on any atom is 0.323 e. The lowest BCUT2D eigenvalue weighted by Gasteiger charge is -2.07. The van der Waals surface area contributed by atoms with Crippen LogP contribution in [0.5, 0.6) is 0 Å². The van der Waals surface area contributed by atoms with Crippen LogP contribution < -0.4 is 10.6 Å². The van der Waals surface area contributed by atoms with Gasteiger partial charge in [-0.3, -0.25) is 4.68 Å². The van der Waals surface area contributed by atoms with Crippen LogP contribution in [0.4, 0.5) is 16.2 Å². The van der Waals surface area contributed by atoms with Gasteiger partial charge in [-0.05, 0) is 19.1 Å². The summed E-state index contributed by atoms with van der Waals surface area (Å²) in [6, 6.07) is 7.18. The van der Waals surface area contributed by atoms with E-state index in [1.165, 1.54) is 6.20 Å². The van der Waals surface area contributed by atoms with Crippen LogP contribution in [0.3, 0.4) is 0 Å². The highest BCUT2D eigenvalue weighted by Crippen LogP contribution is 2.25. The van der Waals surface area contributed by atoms with Gasteiger partial charge in [-0.2, -0.15) is 5.10 Å². The number of aryl methyl sites for hydroxylation is 1. The van der Waals surface area contributed by atoms with Crippen molar-refractivity contribution in [3.05, 3.63) is 47.7 Å². The number of nitrogens with zero attached hydrogens (tertiary/aromatic N) is 3. The summed E-state index contributed by atoms with van der Waals surface area (Å²) in [6.45, 7) is 2.33. The average molecular weight is 343 g/mol. The van der Waals surface area contributed by atoms with Crippen LogP contribution >= 0.6 is 11.3 Å². The molecule has 0 fully saturated rings. The van der Waals surface area contributed by atoms with E-state index in [9.17, 15) is 4.79 Å². The summed E-state index contributed by atoms with van der Waals surface area (Å²) in [6.07, 6.45) is 3.19. The molecular formula is C16H17N5O2S. The largest absolute Gasteiger partial charge is 0.394 e. The number of hydrogen-bond acceptors (Lipinski definition) is 5. The van der Waals surface area contributed by atoms with Gasteiger partial charge in [0.15, 0.2) is 0 Å². The molecule has 24 heavy (non-hydrogen) atoms. The van der Waals surface area contributed by atoms with Gasteiger partial charge in [-0.25, -0.2) is 9.78 Å². The number of carbonyl (C=O) groups excluding carboxylic acids is 1. The van der Waals surface area contributed by atoms with Gasteiger partial charge in [-0.1, -0.05) is 12.1 Å². The molecule has 1 aromatic carbocycles. The third kappa shape index (κ3) is 3.98. The fourth-order valence-electron chi connectivity index (χ4n) is 2.16. The number of aromatic nitrogens is 3. The number of amides is 2. The summed E-state index contributed by atoms with van der Waals surface area (Å²) >= 11 is 1.57. The minimum absolute atomic E-state index is 0.00363. The van der Waals surface area contributed by atoms with Crippen molar-refractivity contribution in [2.24, 2.45) is 0 Å². The standard InChI is InChI=1S/C16H17N5O2S/c1-11-10-24-15(18-11)12-3-2-4-13(7-12)19-16(23)20-14-8-17-21(9-14)5-6-22/h2-4,7-10,22H,5-6H2,1H3,(H2,19,20,23). The van der Waals surface area contributed by atoms with E-state index in [1.807, 2.05) is 36.6 Å². The van der Waals surface area contributed by atoms with E-state index >= 15 is 0 Å². The highest BCUT2D eigenvalue weighted by Gasteiger charge is 2.07. The molecule has 2 amide bonds. The lowest BCUT2D eigenvalue weighted by Crippen LogP contribution is -2.19. The van der Waals surface area contributed by atoms with Gasteiger partial charge in [0.25, 0.3) is 0 Å². The molecule has 3 N–H and O–H groups in total. The van der Waals surface area contributed by atoms with Crippen molar-refractivity contribution in [3.63, 3.8) is 0 Å². The molecule has 7 nitrogen and oxygen atoms in total. The first-order valence-electron chi connectivity index (χ1n) is 7.38. The van der Waals surface area contributed by atoms with Gasteiger partial charge in [-0.15, -0.1) is 11.3 Å². The van der Waals surface area contributed by atoms with Gasteiger partial charge in [0, 0.05) is 28.5 Å². The molecule has 2 aromatic heterocycles. The summed E-state index contributed by atoms with van der Waals surface area (Å²) < 4.78 is 1.56. The molecule has 0 bridgehead atoms. The maximum atomic E-state index is 12.1. The van der Waals surface area contributed by atoms with E-state index in [0.29, 0.717) is 17.9 Å². The fourth-order valence-corrected chi connectivity index (χ4v) is 2.96. The van der Waals surface area contributed by atoms with Gasteiger partial charge < -0.3 is 15.7 Å². The molecule has 0 saturated carbocycles. The molecule has 0 radical (unpaired) electrons. The van der Waals surface area contributed by atoms with Crippen molar-refractivity contribution in [2.75, 3.05) is 17.2 Å². The fraction of sp³-hybridized carbons (Fsp3) is 0.188. The van der Waals surface area contributed by atoms with Crippen LogP contribution in [0.25, 0.3) is 10.6 Å². The highest BCUT2D eigenvalue weighted by molar-refractivity contribution is 7.13. The van der Waals surface area contributed by atoms with E-state index in [0.717, 1.165) is 16.3 Å². The number of nitrogens with one attached hydrogen (secondary N) is 2. The van der Waals surface area contributed by atoms with E-state index in [2.05, 4.69) is 20.7 Å². The second-order valence-electron chi connectivity index (χ2n) is 5.17. The van der Waals surface area contributed by atoms with Crippen LogP contribution in [0.1, 0.15) is 5.69 Å². The van der Waals surface area contributed by atoms with Crippen LogP contribution in [0, 0.1) is 6.92 Å². The molecule has 0 spiro atoms. The molecule has 3 aromatic rings. The molecule has 2 heterocycles. The first-order valence-corrected chi connectivity index (χ1v) is 8.26. The lowest BCUT2D eigenvalue weighted by atomic mass is 10.2. The molecule has 3 rings (SSSR count). The molecule has 0 aliphatic carbocycles. The van der Waals surface area contributed by atoms with E-state index in [4.69, 9.17) is 5.11 Å². The van der Waals surface area contributed by atoms with E-state index in [-0.39, 0.29) is 12.6 Å². The predicted molar refractivity (Wildman–Crippen MR) is 94.2 cm³/mol. The Morgan fingerprint density at radius 2 is 2.17 bits per heavy atom. The van der Waals surface area contributed by atoms with Crippen molar-refractivity contribution in [3.8, 4) is 10.6 Å². The monoisotopic (exact) mass is 343 g/mol. The molecule has 124 valence electrons. The third-order valence-corrected chi connectivity index (χ3v) is 4.22. The van der Waals surface area contributed by atoms with Crippen LogP contribution in [-0.2, 0) is 6.54 Å². The number of rotatable bonds is 5. The third-order valence-electron chi connectivity index (χ3n) is 3.21. The number of benzene rings is 1. The Labute approximate surface area is 143 Å². The van der Waals surface area contributed by atoms with Gasteiger partial charge in [0.1, 0.15) is 5.01 Å². The Kier molecular flexibility index (Phi) is 4.88. The molecule has 0 unspecified atom stereocenters. The highest BCUT2D eigenvalue weighted by atomic mass is 32.1. The first-order chi connectivity index (χ1) is 11.6. The van der Waals surface area contributed by atoms with E-state index < -0.39 is 0 Å². The van der Waals surface area contributed by atoms with Crippen molar-refractivity contribution in [2.45, 2.75) is 13.5 Å². The summed E-state index contributed by atoms with van der Waals surface area (Å²) in [7, 11) is 0. The number of aliphatic hydroxyl groups excluding tert-OH is 1. The van der Waals surface area contributed by atoms with E-state index in [1.54, 1.807) is 22.2 Å². The SMILES string of the molecule is Cc1csc(-c2cccc(NC(=O)Nc3cnn(CCO)c3)c2)n1. The number of hydrogen-bond donors (Lipinski definition) is 3. The molecule has 0 atom stereocenters. The van der Waals surface area contributed by atoms with Gasteiger partial charge in [0.2, 0.25) is 0 Å². The second kappa shape index (κ2) is 7.24. The number of anilines is 2. The summed E-state index contributed by atoms with van der Waals surface area (Å²) in [4.78, 5) is 16.5. The van der Waals surface area contributed by atoms with Crippen LogP contribution in [0.2, 0.25) is 0 Å². The van der Waals surface area contributed by atoms with Crippen LogP contribution in [-0.4, -0.2) is 32.5 Å². The molecule has 0 saturated heterocycles. The van der Waals surface area contributed by atoms with Crippen LogP contribution in [0.15, 0.2) is 42.0 Å². The summed E-state index contributed by atoms with van der Waals surface area (Å²) in [5.74, 6) is 0. The average Bonchev–Trinajstić information content (AvgIpc) is 3.17. The Hall–Kier alpha value is -2.71. The Bertz CT molecular complexity index is 842. The lowest BCUT2D eigenvalue weighted by molar-refractivity contribution is 0.262. The van der Waals surface area contributed by atoms with Crippen molar-refractivity contribution < 1.29 is 9.90 Å². The predicted octanol–water partition coefficient (Wildman–Crippen LogP) is 2.95. The zero-order chi connectivity index (χ0) is 16.9. The number of aliphatic hydroxyl groups is 1. The van der Waals surface area contributed by atoms with Crippen molar-refractivity contribution in [1.82, 2.24) is 14.8 Å². The number of urea groups is 1. The Morgan fingerprint density at radius 1 is 1.33 bits per heavy atom. The van der Waals surface area contributed by atoms with Gasteiger partial charge in [0.05, 0.1) is 25.0 Å². The second-order valence-corrected chi connectivity index (χ2v) is 6.03. The zero-order valence-corrected chi connectivity index (χ0v) is 13.9. The van der Waals surface area contributed by atoms with Gasteiger partial charge >= 0.3 is 6.03 Å². The molecule has 0 aliphatic heterocycles. The Morgan fingerprint density at radius 3 is 2.92 bits per heavy atom. The number of thiazole rings is 1. The maximum absolute atomic E-state index is 12.1. The molecular weight excluding hydrogens is 326 g/mol. The number of carbonyl (C=O) groups is 1. The molecule has 8 heteroatoms. The smallest absolute Gasteiger partial charge is 0.323 e. The first kappa shape index (κ1) is 16.2. The molecule has 0 aliphatic rings.